The van der Waals surface area contributed by atoms with Gasteiger partial charge in [0.15, 0.2) is 12.3 Å². The molecule has 1 aliphatic carbocycles. The monoisotopic (exact) mass is 721 g/mol. The van der Waals surface area contributed by atoms with Gasteiger partial charge in [-0.3, -0.25) is 19.2 Å². The minimum atomic E-state index is -4.80. The molecular weight excluding hydrogens is 679 g/mol. The van der Waals surface area contributed by atoms with Gasteiger partial charge in [0.05, 0.1) is 31.8 Å². The number of halogens is 3. The van der Waals surface area contributed by atoms with Crippen LogP contribution in [-0.2, 0) is 24.0 Å². The number of likely N-dealkylation sites (tertiary alicyclic amines) is 1. The predicted octanol–water partition coefficient (Wildman–Crippen LogP) is 2.58. The number of hydroxylamine groups is 2. The lowest BCUT2D eigenvalue weighted by atomic mass is 9.93. The first-order valence-electron chi connectivity index (χ1n) is 17.1. The second-order valence-electron chi connectivity index (χ2n) is 12.6. The number of carbonyl (C=O) groups is 5. The third-order valence-electron chi connectivity index (χ3n) is 8.80. The second-order valence-corrected chi connectivity index (χ2v) is 12.6. The number of nitrogens with zero attached hydrogens (tertiary/aromatic N) is 5. The number of benzene rings is 1. The third-order valence-corrected chi connectivity index (χ3v) is 8.80. The Morgan fingerprint density at radius 3 is 2.35 bits per heavy atom. The Hall–Kier alpha value is -4.87. The zero-order valence-corrected chi connectivity index (χ0v) is 28.2. The van der Waals surface area contributed by atoms with Gasteiger partial charge in [-0.2, -0.15) is 18.3 Å². The topological polar surface area (TPSA) is 165 Å². The molecule has 3 fully saturated rings. The molecule has 5 rings (SSSR count). The summed E-state index contributed by atoms with van der Waals surface area (Å²) in [4.78, 5) is 72.2. The lowest BCUT2D eigenvalue weighted by molar-refractivity contribution is -0.165. The van der Waals surface area contributed by atoms with Crippen molar-refractivity contribution in [1.82, 2.24) is 35.3 Å². The number of para-hydroxylation sites is 1. The number of hydrogen-bond donors (Lipinski definition) is 2. The van der Waals surface area contributed by atoms with E-state index in [4.69, 9.17) is 14.3 Å². The fourth-order valence-electron chi connectivity index (χ4n) is 5.94. The molecule has 0 unspecified atom stereocenters. The highest BCUT2D eigenvalue weighted by molar-refractivity contribution is 5.96. The van der Waals surface area contributed by atoms with Crippen LogP contribution in [0.25, 0.3) is 5.69 Å². The maximum absolute atomic E-state index is 13.6. The van der Waals surface area contributed by atoms with Crippen LogP contribution in [0.1, 0.15) is 62.4 Å². The smallest absolute Gasteiger partial charge is 0.467 e. The standard InChI is InChI=1S/C33H42F3N7O8/c1-2-18-49-32(48)51-41-16-14-40(15-17-41)31(47)25(20-33(34,35)36)38-29(45)24-19-28(43(39-24)23-10-4-3-5-11-23)50-21-27(44)42-13-7-12-26(42)30(46)37-22-8-6-9-22/h3-5,10-11,19,22,25-26H,2,6-9,12-18,20-21H2,1H3,(H,37,46)(H,38,45)/t25-,26-/m0/s1. The van der Waals surface area contributed by atoms with Gasteiger partial charge in [-0.1, -0.05) is 25.1 Å². The van der Waals surface area contributed by atoms with Crippen molar-refractivity contribution < 1.29 is 51.5 Å². The lowest BCUT2D eigenvalue weighted by Crippen LogP contribution is -2.56. The Morgan fingerprint density at radius 1 is 0.980 bits per heavy atom. The molecule has 2 aromatic rings. The first-order valence-corrected chi connectivity index (χ1v) is 17.1. The SMILES string of the molecule is CCCOC(=O)ON1CCN(C(=O)[C@H](CC(F)(F)F)NC(=O)c2cc(OCC(=O)N3CCC[C@H]3C(=O)NC3CCC3)n(-c3ccccc3)n2)CC1. The molecule has 1 saturated carbocycles. The van der Waals surface area contributed by atoms with Crippen molar-refractivity contribution in [2.24, 2.45) is 0 Å². The Bertz CT molecular complexity index is 1540. The summed E-state index contributed by atoms with van der Waals surface area (Å²) in [6, 6.07) is 7.10. The quantitative estimate of drug-likeness (QED) is 0.294. The van der Waals surface area contributed by atoms with E-state index in [0.29, 0.717) is 31.5 Å². The van der Waals surface area contributed by atoms with Gasteiger partial charge in [0.1, 0.15) is 12.1 Å². The van der Waals surface area contributed by atoms with Gasteiger partial charge >= 0.3 is 12.3 Å². The summed E-state index contributed by atoms with van der Waals surface area (Å²) < 4.78 is 52.8. The summed E-state index contributed by atoms with van der Waals surface area (Å²) >= 11 is 0. The molecule has 2 atom stereocenters. The predicted molar refractivity (Wildman–Crippen MR) is 172 cm³/mol. The maximum Gasteiger partial charge on any atom is 0.527 e. The van der Waals surface area contributed by atoms with E-state index in [1.54, 1.807) is 30.3 Å². The van der Waals surface area contributed by atoms with Gasteiger partial charge in [0.25, 0.3) is 11.8 Å². The minimum Gasteiger partial charge on any atom is -0.467 e. The van der Waals surface area contributed by atoms with Crippen molar-refractivity contribution in [3.63, 3.8) is 0 Å². The van der Waals surface area contributed by atoms with Gasteiger partial charge < -0.3 is 34.7 Å². The average molecular weight is 722 g/mol. The van der Waals surface area contributed by atoms with E-state index in [1.165, 1.54) is 20.7 Å². The Kier molecular flexibility index (Phi) is 12.4. The molecule has 2 N–H and O–H groups in total. The zero-order valence-electron chi connectivity index (χ0n) is 28.2. The molecule has 0 radical (unpaired) electrons. The van der Waals surface area contributed by atoms with E-state index in [-0.39, 0.29) is 56.3 Å². The van der Waals surface area contributed by atoms with Crippen LogP contribution in [0.2, 0.25) is 0 Å². The molecule has 0 bridgehead atoms. The summed E-state index contributed by atoms with van der Waals surface area (Å²) in [6.07, 6.45) is -2.74. The van der Waals surface area contributed by atoms with Gasteiger partial charge in [-0.15, -0.1) is 5.06 Å². The molecule has 278 valence electrons. The lowest BCUT2D eigenvalue weighted by Gasteiger charge is -2.35. The van der Waals surface area contributed by atoms with Crippen molar-refractivity contribution in [3.8, 4) is 11.6 Å². The Labute approximate surface area is 292 Å². The molecule has 51 heavy (non-hydrogen) atoms. The first-order chi connectivity index (χ1) is 24.4. The molecule has 0 spiro atoms. The fourth-order valence-corrected chi connectivity index (χ4v) is 5.94. The van der Waals surface area contributed by atoms with Crippen LogP contribution in [0, 0.1) is 0 Å². The van der Waals surface area contributed by atoms with E-state index < -0.39 is 55.2 Å². The van der Waals surface area contributed by atoms with Crippen LogP contribution in [-0.4, -0.2) is 125 Å². The molecule has 2 aliphatic heterocycles. The van der Waals surface area contributed by atoms with Crippen molar-refractivity contribution in [1.29, 1.82) is 0 Å². The number of ether oxygens (including phenoxy) is 2. The Balaban J connectivity index is 1.26. The summed E-state index contributed by atoms with van der Waals surface area (Å²) in [6.45, 7) is 1.74. The summed E-state index contributed by atoms with van der Waals surface area (Å²) in [5.74, 6) is -2.76. The normalized spacial score (nSPS) is 18.8. The molecule has 2 saturated heterocycles. The van der Waals surface area contributed by atoms with Crippen molar-refractivity contribution in [3.05, 3.63) is 42.1 Å². The summed E-state index contributed by atoms with van der Waals surface area (Å²) in [5, 5.41) is 10.7. The fraction of sp³-hybridized carbons (Fsp3) is 0.576. The van der Waals surface area contributed by atoms with Crippen LogP contribution in [0.5, 0.6) is 5.88 Å². The summed E-state index contributed by atoms with van der Waals surface area (Å²) in [5.41, 5.74) is 0.0727. The van der Waals surface area contributed by atoms with Crippen LogP contribution >= 0.6 is 0 Å². The molecule has 1 aromatic heterocycles. The molecule has 18 heteroatoms. The van der Waals surface area contributed by atoms with Gasteiger partial charge in [0.2, 0.25) is 17.7 Å². The largest absolute Gasteiger partial charge is 0.527 e. The highest BCUT2D eigenvalue weighted by Crippen LogP contribution is 2.26. The molecule has 3 heterocycles. The van der Waals surface area contributed by atoms with Crippen LogP contribution in [0.3, 0.4) is 0 Å². The third kappa shape index (κ3) is 10.1. The maximum atomic E-state index is 13.6. The molecular formula is C33H42F3N7O8. The van der Waals surface area contributed by atoms with E-state index in [0.717, 1.165) is 24.2 Å². The van der Waals surface area contributed by atoms with Crippen LogP contribution in [0.15, 0.2) is 36.4 Å². The zero-order chi connectivity index (χ0) is 36.5. The van der Waals surface area contributed by atoms with E-state index in [9.17, 15) is 37.1 Å². The van der Waals surface area contributed by atoms with E-state index in [1.807, 2.05) is 6.92 Å². The second kappa shape index (κ2) is 16.9. The molecule has 3 aliphatic rings. The van der Waals surface area contributed by atoms with Crippen molar-refractivity contribution in [2.45, 2.75) is 76.2 Å². The summed E-state index contributed by atoms with van der Waals surface area (Å²) in [7, 11) is 0. The van der Waals surface area contributed by atoms with Crippen molar-refractivity contribution >= 4 is 29.8 Å². The van der Waals surface area contributed by atoms with E-state index in [2.05, 4.69) is 15.7 Å². The van der Waals surface area contributed by atoms with Gasteiger partial charge in [-0.25, -0.2) is 9.48 Å². The van der Waals surface area contributed by atoms with Crippen LogP contribution < -0.4 is 15.4 Å². The van der Waals surface area contributed by atoms with Gasteiger partial charge in [-0.05, 0) is 50.7 Å². The number of amides is 4. The molecule has 4 amide bonds. The van der Waals surface area contributed by atoms with Crippen molar-refractivity contribution in [2.75, 3.05) is 45.9 Å². The highest BCUT2D eigenvalue weighted by Gasteiger charge is 2.40. The van der Waals surface area contributed by atoms with Crippen LogP contribution in [0.4, 0.5) is 18.0 Å². The number of carbonyl (C=O) groups excluding carboxylic acids is 5. The Morgan fingerprint density at radius 2 is 1.71 bits per heavy atom. The first kappa shape index (κ1) is 37.4. The molecule has 1 aromatic carbocycles. The number of nitrogens with one attached hydrogen (secondary N) is 2. The number of piperazine rings is 1. The number of aromatic nitrogens is 2. The highest BCUT2D eigenvalue weighted by atomic mass is 19.4. The van der Waals surface area contributed by atoms with Gasteiger partial charge in [0, 0.05) is 31.7 Å². The minimum absolute atomic E-state index is 0.0178. The van der Waals surface area contributed by atoms with E-state index >= 15 is 0 Å². The average Bonchev–Trinajstić information content (AvgIpc) is 3.76. The number of hydrogen-bond acceptors (Lipinski definition) is 10. The molecule has 15 nitrogen and oxygen atoms in total. The number of alkyl halides is 3. The number of rotatable bonds is 13.